The summed E-state index contributed by atoms with van der Waals surface area (Å²) in [5, 5.41) is 0. The molecule has 0 radical (unpaired) electrons. The molecule has 1 aromatic heterocycles. The number of nitrogens with one attached hydrogen (secondary N) is 1. The van der Waals surface area contributed by atoms with Crippen LogP contribution in [0.1, 0.15) is 45.4 Å². The van der Waals surface area contributed by atoms with Crippen LogP contribution in [-0.4, -0.2) is 23.6 Å². The van der Waals surface area contributed by atoms with E-state index < -0.39 is 0 Å². The zero-order valence-electron chi connectivity index (χ0n) is 11.1. The van der Waals surface area contributed by atoms with Crippen molar-refractivity contribution in [1.82, 2.24) is 9.97 Å². The second-order valence-electron chi connectivity index (χ2n) is 6.18. The molecule has 1 saturated carbocycles. The Labute approximate surface area is 102 Å². The molecule has 0 saturated heterocycles. The molecule has 2 rings (SSSR count). The van der Waals surface area contributed by atoms with Gasteiger partial charge in [-0.1, -0.05) is 20.8 Å². The Hall–Kier alpha value is -1.32. The third-order valence-corrected chi connectivity index (χ3v) is 2.81. The minimum atomic E-state index is -0.0438. The predicted octanol–water partition coefficient (Wildman–Crippen LogP) is 2.13. The van der Waals surface area contributed by atoms with Gasteiger partial charge in [-0.15, -0.1) is 0 Å². The lowest BCUT2D eigenvalue weighted by atomic mass is 9.96. The Bertz CT molecular complexity index is 454. The monoisotopic (exact) mass is 235 g/mol. The number of aromatic nitrogens is 2. The molecule has 1 aromatic rings. The lowest BCUT2D eigenvalue weighted by Gasteiger charge is -2.27. The molecule has 0 amide bonds. The highest BCUT2D eigenvalue weighted by molar-refractivity contribution is 5.37. The Morgan fingerprint density at radius 3 is 2.65 bits per heavy atom. The summed E-state index contributed by atoms with van der Waals surface area (Å²) in [5.41, 5.74) is 0.149. The summed E-state index contributed by atoms with van der Waals surface area (Å²) in [6.45, 7) is 7.42. The number of anilines is 1. The first-order chi connectivity index (χ1) is 7.85. The smallest absolute Gasteiger partial charge is 0.252 e. The van der Waals surface area contributed by atoms with Crippen LogP contribution in [0.5, 0.6) is 0 Å². The van der Waals surface area contributed by atoms with Crippen LogP contribution in [0.25, 0.3) is 0 Å². The lowest BCUT2D eigenvalue weighted by molar-refractivity contribution is 0.417. The highest BCUT2D eigenvalue weighted by atomic mass is 16.1. The molecule has 4 nitrogen and oxygen atoms in total. The lowest BCUT2D eigenvalue weighted by Crippen LogP contribution is -2.31. The number of rotatable bonds is 3. The number of H-pyrrole nitrogens is 1. The summed E-state index contributed by atoms with van der Waals surface area (Å²) in [6, 6.07) is 1.58. The van der Waals surface area contributed by atoms with Crippen LogP contribution in [0, 0.1) is 5.41 Å². The van der Waals surface area contributed by atoms with Gasteiger partial charge in [0.15, 0.2) is 0 Å². The van der Waals surface area contributed by atoms with Gasteiger partial charge in [-0.3, -0.25) is 4.79 Å². The van der Waals surface area contributed by atoms with E-state index in [1.165, 1.54) is 0 Å². The fraction of sp³-hybridized carbons (Fsp3) is 0.692. The van der Waals surface area contributed by atoms with Gasteiger partial charge in [-0.05, 0) is 18.3 Å². The molecule has 1 heterocycles. The van der Waals surface area contributed by atoms with E-state index >= 15 is 0 Å². The molecule has 1 N–H and O–H groups in total. The Balaban J connectivity index is 2.22. The van der Waals surface area contributed by atoms with E-state index in [1.807, 2.05) is 7.05 Å². The predicted molar refractivity (Wildman–Crippen MR) is 69.6 cm³/mol. The van der Waals surface area contributed by atoms with E-state index in [4.69, 9.17) is 0 Å². The molecule has 0 aliphatic heterocycles. The van der Waals surface area contributed by atoms with E-state index in [1.54, 1.807) is 6.07 Å². The summed E-state index contributed by atoms with van der Waals surface area (Å²) in [4.78, 5) is 21.0. The molecule has 0 aromatic carbocycles. The Morgan fingerprint density at radius 2 is 2.12 bits per heavy atom. The average Bonchev–Trinajstić information content (AvgIpc) is 2.96. The quantitative estimate of drug-likeness (QED) is 0.873. The summed E-state index contributed by atoms with van der Waals surface area (Å²) < 4.78 is 0. The van der Waals surface area contributed by atoms with Gasteiger partial charge in [-0.25, -0.2) is 4.98 Å². The molecule has 94 valence electrons. The van der Waals surface area contributed by atoms with Crippen molar-refractivity contribution in [2.75, 3.05) is 18.5 Å². The summed E-state index contributed by atoms with van der Waals surface area (Å²) in [5.74, 6) is 2.12. The molecule has 0 bridgehead atoms. The highest BCUT2D eigenvalue weighted by Gasteiger charge is 2.27. The van der Waals surface area contributed by atoms with Crippen molar-refractivity contribution in [3.8, 4) is 0 Å². The molecule has 4 heteroatoms. The van der Waals surface area contributed by atoms with E-state index in [0.717, 1.165) is 31.0 Å². The van der Waals surface area contributed by atoms with Gasteiger partial charge in [0.2, 0.25) is 0 Å². The highest BCUT2D eigenvalue weighted by Crippen LogP contribution is 2.37. The van der Waals surface area contributed by atoms with Gasteiger partial charge in [0.25, 0.3) is 5.56 Å². The van der Waals surface area contributed by atoms with E-state index in [2.05, 4.69) is 35.6 Å². The van der Waals surface area contributed by atoms with E-state index in [0.29, 0.717) is 5.92 Å². The number of hydrogen-bond donors (Lipinski definition) is 1. The zero-order valence-corrected chi connectivity index (χ0v) is 11.1. The third kappa shape index (κ3) is 3.32. The van der Waals surface area contributed by atoms with Crippen LogP contribution in [0.3, 0.4) is 0 Å². The molecule has 1 fully saturated rings. The maximum Gasteiger partial charge on any atom is 0.252 e. The fourth-order valence-electron chi connectivity index (χ4n) is 2.00. The van der Waals surface area contributed by atoms with Crippen LogP contribution in [0.4, 0.5) is 5.82 Å². The zero-order chi connectivity index (χ0) is 12.6. The van der Waals surface area contributed by atoms with Crippen LogP contribution in [0.2, 0.25) is 0 Å². The molecule has 0 atom stereocenters. The van der Waals surface area contributed by atoms with Crippen molar-refractivity contribution in [3.05, 3.63) is 22.2 Å². The summed E-state index contributed by atoms with van der Waals surface area (Å²) in [7, 11) is 1.99. The summed E-state index contributed by atoms with van der Waals surface area (Å²) >= 11 is 0. The molecule has 1 aliphatic carbocycles. The van der Waals surface area contributed by atoms with Gasteiger partial charge < -0.3 is 9.88 Å². The molecule has 0 unspecified atom stereocenters. The van der Waals surface area contributed by atoms with Crippen molar-refractivity contribution < 1.29 is 0 Å². The van der Waals surface area contributed by atoms with Gasteiger partial charge >= 0.3 is 0 Å². The summed E-state index contributed by atoms with van der Waals surface area (Å²) in [6.07, 6.45) is 2.30. The molecule has 0 spiro atoms. The van der Waals surface area contributed by atoms with Crippen LogP contribution in [-0.2, 0) is 0 Å². The Morgan fingerprint density at radius 1 is 1.47 bits per heavy atom. The maximum absolute atomic E-state index is 11.6. The fourth-order valence-corrected chi connectivity index (χ4v) is 2.00. The normalized spacial score (nSPS) is 16.0. The number of aromatic amines is 1. The van der Waals surface area contributed by atoms with Crippen LogP contribution >= 0.6 is 0 Å². The van der Waals surface area contributed by atoms with Crippen molar-refractivity contribution in [2.24, 2.45) is 5.41 Å². The van der Waals surface area contributed by atoms with Gasteiger partial charge in [0.1, 0.15) is 11.6 Å². The average molecular weight is 235 g/mol. The first-order valence-corrected chi connectivity index (χ1v) is 6.17. The van der Waals surface area contributed by atoms with E-state index in [9.17, 15) is 4.79 Å². The number of hydrogen-bond acceptors (Lipinski definition) is 3. The van der Waals surface area contributed by atoms with Crippen molar-refractivity contribution >= 4 is 5.82 Å². The SMILES string of the molecule is CN(CC(C)(C)C)c1cc(=O)[nH]c(C2CC2)n1. The minimum Gasteiger partial charge on any atom is -0.359 e. The minimum absolute atomic E-state index is 0.0438. The second kappa shape index (κ2) is 4.17. The van der Waals surface area contributed by atoms with Crippen LogP contribution < -0.4 is 10.5 Å². The molecule has 17 heavy (non-hydrogen) atoms. The van der Waals surface area contributed by atoms with Crippen molar-refractivity contribution in [2.45, 2.75) is 39.5 Å². The van der Waals surface area contributed by atoms with Crippen molar-refractivity contribution in [3.63, 3.8) is 0 Å². The topological polar surface area (TPSA) is 49.0 Å². The van der Waals surface area contributed by atoms with Gasteiger partial charge in [0.05, 0.1) is 0 Å². The molecule has 1 aliphatic rings. The van der Waals surface area contributed by atoms with Crippen molar-refractivity contribution in [1.29, 1.82) is 0 Å². The second-order valence-corrected chi connectivity index (χ2v) is 6.18. The van der Waals surface area contributed by atoms with Gasteiger partial charge in [-0.2, -0.15) is 0 Å². The molecular formula is C13H21N3O. The standard InChI is InChI=1S/C13H21N3O/c1-13(2,3)8-16(4)10-7-11(17)15-12(14-10)9-5-6-9/h7,9H,5-6,8H2,1-4H3,(H,14,15,17). The Kier molecular flexibility index (Phi) is 2.98. The number of nitrogens with zero attached hydrogens (tertiary/aromatic N) is 2. The third-order valence-electron chi connectivity index (χ3n) is 2.81. The first-order valence-electron chi connectivity index (χ1n) is 6.17. The molecular weight excluding hydrogens is 214 g/mol. The maximum atomic E-state index is 11.6. The van der Waals surface area contributed by atoms with Gasteiger partial charge in [0, 0.05) is 25.6 Å². The van der Waals surface area contributed by atoms with E-state index in [-0.39, 0.29) is 11.0 Å². The first kappa shape index (κ1) is 12.1. The largest absolute Gasteiger partial charge is 0.359 e. The van der Waals surface area contributed by atoms with Crippen LogP contribution in [0.15, 0.2) is 10.9 Å².